The van der Waals surface area contributed by atoms with Crippen LogP contribution >= 0.6 is 11.8 Å². The zero-order chi connectivity index (χ0) is 13.5. The van der Waals surface area contributed by atoms with Crippen molar-refractivity contribution in [2.24, 2.45) is 5.41 Å². The van der Waals surface area contributed by atoms with Gasteiger partial charge >= 0.3 is 0 Å². The Hall–Kier alpha value is -1.35. The van der Waals surface area contributed by atoms with E-state index in [4.69, 9.17) is 0 Å². The van der Waals surface area contributed by atoms with Crippen molar-refractivity contribution in [2.75, 3.05) is 0 Å². The Morgan fingerprint density at radius 3 is 2.63 bits per heavy atom. The molecule has 1 aromatic carbocycles. The molecule has 0 spiro atoms. The summed E-state index contributed by atoms with van der Waals surface area (Å²) >= 11 is 1.28. The molecule has 0 heterocycles. The molecule has 0 radical (unpaired) electrons. The van der Waals surface area contributed by atoms with Crippen molar-refractivity contribution >= 4 is 22.7 Å². The van der Waals surface area contributed by atoms with E-state index in [1.54, 1.807) is 0 Å². The zero-order valence-electron chi connectivity index (χ0n) is 10.9. The molecule has 0 N–H and O–H groups in total. The van der Waals surface area contributed by atoms with Crippen LogP contribution < -0.4 is 0 Å². The highest BCUT2D eigenvalue weighted by Gasteiger charge is 2.47. The molecule has 2 aliphatic rings. The van der Waals surface area contributed by atoms with Crippen molar-refractivity contribution in [1.29, 1.82) is 0 Å². The van der Waals surface area contributed by atoms with E-state index in [9.17, 15) is 9.59 Å². The number of fused-ring (bicyclic) bond motifs is 1. The van der Waals surface area contributed by atoms with Crippen LogP contribution in [0.5, 0.6) is 0 Å². The monoisotopic (exact) mass is 272 g/mol. The summed E-state index contributed by atoms with van der Waals surface area (Å²) in [4.78, 5) is 25.3. The van der Waals surface area contributed by atoms with Crippen LogP contribution in [-0.2, 0) is 9.59 Å². The first-order valence-corrected chi connectivity index (χ1v) is 7.46. The van der Waals surface area contributed by atoms with Crippen LogP contribution in [0.2, 0.25) is 0 Å². The van der Waals surface area contributed by atoms with Crippen LogP contribution in [0.15, 0.2) is 46.4 Å². The van der Waals surface area contributed by atoms with Gasteiger partial charge in [0.2, 0.25) is 5.12 Å². The third-order valence-corrected chi connectivity index (χ3v) is 5.26. The van der Waals surface area contributed by atoms with Gasteiger partial charge in [-0.25, -0.2) is 0 Å². The van der Waals surface area contributed by atoms with Gasteiger partial charge in [0.1, 0.15) is 5.78 Å². The van der Waals surface area contributed by atoms with E-state index in [0.29, 0.717) is 12.2 Å². The molecule has 0 saturated heterocycles. The number of carbonyl (C=O) groups is 2. The van der Waals surface area contributed by atoms with Gasteiger partial charge in [-0.3, -0.25) is 9.59 Å². The third kappa shape index (κ3) is 2.06. The summed E-state index contributed by atoms with van der Waals surface area (Å²) in [6, 6.07) is 9.71. The molecule has 3 heteroatoms. The number of carbonyl (C=O) groups excluding carboxylic acids is 2. The van der Waals surface area contributed by atoms with Crippen LogP contribution in [-0.4, -0.2) is 10.9 Å². The molecule has 1 aromatic rings. The summed E-state index contributed by atoms with van der Waals surface area (Å²) in [6.45, 7) is 2.01. The average Bonchev–Trinajstić information content (AvgIpc) is 2.88. The van der Waals surface area contributed by atoms with Gasteiger partial charge < -0.3 is 0 Å². The molecule has 2 aliphatic carbocycles. The molecular weight excluding hydrogens is 256 g/mol. The van der Waals surface area contributed by atoms with E-state index in [1.807, 2.05) is 37.3 Å². The van der Waals surface area contributed by atoms with Gasteiger partial charge in [-0.2, -0.15) is 0 Å². The lowest BCUT2D eigenvalue weighted by molar-refractivity contribution is -0.124. The minimum absolute atomic E-state index is 0.125. The van der Waals surface area contributed by atoms with Gasteiger partial charge in [-0.15, -0.1) is 0 Å². The van der Waals surface area contributed by atoms with E-state index in [0.717, 1.165) is 35.3 Å². The molecule has 3 rings (SSSR count). The third-order valence-electron chi connectivity index (χ3n) is 4.32. The van der Waals surface area contributed by atoms with E-state index in [-0.39, 0.29) is 10.5 Å². The fourth-order valence-corrected chi connectivity index (χ4v) is 4.00. The van der Waals surface area contributed by atoms with Crippen molar-refractivity contribution in [3.05, 3.63) is 41.5 Å². The van der Waals surface area contributed by atoms with Crippen LogP contribution in [0.4, 0.5) is 0 Å². The Balaban J connectivity index is 1.86. The van der Waals surface area contributed by atoms with Crippen LogP contribution in [0.25, 0.3) is 0 Å². The molecule has 0 bridgehead atoms. The fourth-order valence-electron chi connectivity index (χ4n) is 3.14. The number of benzene rings is 1. The summed E-state index contributed by atoms with van der Waals surface area (Å²) in [5.41, 5.74) is 1.69. The molecule has 98 valence electrons. The van der Waals surface area contributed by atoms with Gasteiger partial charge in [-0.05, 0) is 55.7 Å². The SMILES string of the molecule is CC12CCC(C(=O)Sc3ccccc3)=C1CCC2=O. The van der Waals surface area contributed by atoms with Crippen LogP contribution in [0.3, 0.4) is 0 Å². The molecule has 1 saturated carbocycles. The fraction of sp³-hybridized carbons (Fsp3) is 0.375. The highest BCUT2D eigenvalue weighted by Crippen LogP contribution is 2.52. The normalized spacial score (nSPS) is 25.8. The highest BCUT2D eigenvalue weighted by atomic mass is 32.2. The Morgan fingerprint density at radius 1 is 1.16 bits per heavy atom. The lowest BCUT2D eigenvalue weighted by atomic mass is 9.84. The van der Waals surface area contributed by atoms with Crippen LogP contribution in [0, 0.1) is 5.41 Å². The number of hydrogen-bond donors (Lipinski definition) is 0. The van der Waals surface area contributed by atoms with Crippen molar-refractivity contribution in [1.82, 2.24) is 0 Å². The topological polar surface area (TPSA) is 34.1 Å². The summed E-state index contributed by atoms with van der Waals surface area (Å²) in [7, 11) is 0. The molecule has 0 aromatic heterocycles. The number of Topliss-reactive ketones (excluding diaryl/α,β-unsaturated/α-hetero) is 1. The Labute approximate surface area is 117 Å². The predicted octanol–water partition coefficient (Wildman–Crippen LogP) is 3.76. The summed E-state index contributed by atoms with van der Waals surface area (Å²) in [5, 5.41) is 0.125. The maximum absolute atomic E-state index is 12.4. The molecule has 1 fully saturated rings. The molecule has 2 nitrogen and oxygen atoms in total. The molecule has 0 amide bonds. The summed E-state index contributed by atoms with van der Waals surface area (Å²) in [5.74, 6) is 0.315. The zero-order valence-corrected chi connectivity index (χ0v) is 11.8. The second kappa shape index (κ2) is 4.64. The molecule has 19 heavy (non-hydrogen) atoms. The van der Waals surface area contributed by atoms with Gasteiger partial charge in [-0.1, -0.05) is 18.2 Å². The van der Waals surface area contributed by atoms with Crippen molar-refractivity contribution < 1.29 is 9.59 Å². The van der Waals surface area contributed by atoms with Crippen LogP contribution in [0.1, 0.15) is 32.6 Å². The maximum Gasteiger partial charge on any atom is 0.220 e. The number of thioether (sulfide) groups is 1. The van der Waals surface area contributed by atoms with E-state index >= 15 is 0 Å². The van der Waals surface area contributed by atoms with Crippen molar-refractivity contribution in [3.63, 3.8) is 0 Å². The summed E-state index contributed by atoms with van der Waals surface area (Å²) < 4.78 is 0. The largest absolute Gasteiger partial charge is 0.299 e. The van der Waals surface area contributed by atoms with E-state index in [2.05, 4.69) is 0 Å². The standard InChI is InChI=1S/C16H16O2S/c1-16-10-9-12(13(16)7-8-14(16)17)15(18)19-11-5-3-2-4-6-11/h2-6H,7-10H2,1H3. The first kappa shape index (κ1) is 12.7. The van der Waals surface area contributed by atoms with Crippen molar-refractivity contribution in [2.45, 2.75) is 37.5 Å². The lowest BCUT2D eigenvalue weighted by Crippen LogP contribution is -2.19. The first-order valence-electron chi connectivity index (χ1n) is 6.64. The number of ketones is 1. The second-order valence-electron chi connectivity index (χ2n) is 5.41. The summed E-state index contributed by atoms with van der Waals surface area (Å²) in [6.07, 6.45) is 2.97. The van der Waals surface area contributed by atoms with Gasteiger partial charge in [0, 0.05) is 22.3 Å². The Kier molecular flexibility index (Phi) is 3.09. The van der Waals surface area contributed by atoms with Crippen molar-refractivity contribution in [3.8, 4) is 0 Å². The first-order chi connectivity index (χ1) is 9.11. The van der Waals surface area contributed by atoms with Gasteiger partial charge in [0.15, 0.2) is 0 Å². The smallest absolute Gasteiger partial charge is 0.220 e. The van der Waals surface area contributed by atoms with E-state index in [1.165, 1.54) is 11.8 Å². The Morgan fingerprint density at radius 2 is 1.89 bits per heavy atom. The average molecular weight is 272 g/mol. The second-order valence-corrected chi connectivity index (χ2v) is 6.46. The maximum atomic E-state index is 12.4. The molecule has 0 aliphatic heterocycles. The Bertz CT molecular complexity index is 574. The quantitative estimate of drug-likeness (QED) is 0.769. The lowest BCUT2D eigenvalue weighted by Gasteiger charge is -2.17. The minimum Gasteiger partial charge on any atom is -0.299 e. The number of hydrogen-bond acceptors (Lipinski definition) is 3. The van der Waals surface area contributed by atoms with Gasteiger partial charge in [0.25, 0.3) is 0 Å². The van der Waals surface area contributed by atoms with Gasteiger partial charge in [0.05, 0.1) is 0 Å². The predicted molar refractivity (Wildman–Crippen MR) is 75.9 cm³/mol. The number of rotatable bonds is 2. The highest BCUT2D eigenvalue weighted by molar-refractivity contribution is 8.14. The molecular formula is C16H16O2S. The number of allylic oxidation sites excluding steroid dienone is 1. The minimum atomic E-state index is -0.331. The molecule has 1 unspecified atom stereocenters. The molecule has 1 atom stereocenters. The van der Waals surface area contributed by atoms with E-state index < -0.39 is 0 Å².